The topological polar surface area (TPSA) is 79.7 Å². The van der Waals surface area contributed by atoms with E-state index in [2.05, 4.69) is 94.9 Å². The number of aryl methyl sites for hydroxylation is 1. The van der Waals surface area contributed by atoms with Gasteiger partial charge in [0.1, 0.15) is 6.04 Å². The third-order valence-electron chi connectivity index (χ3n) is 7.35. The Morgan fingerprint density at radius 3 is 2.53 bits per heavy atom. The van der Waals surface area contributed by atoms with Crippen molar-refractivity contribution in [3.8, 4) is 0 Å². The molecule has 0 amide bonds. The van der Waals surface area contributed by atoms with Crippen molar-refractivity contribution in [3.05, 3.63) is 110 Å². The number of thiophene rings is 1. The molecule has 1 N–H and O–H groups in total. The molecule has 196 valence electrons. The Morgan fingerprint density at radius 2 is 1.82 bits per heavy atom. The summed E-state index contributed by atoms with van der Waals surface area (Å²) in [6, 6.07) is 22.3. The standard InChI is InChI=1S/C30H34N6OS/c1-5-21-14-15-26-23(17-21)18-25(29(37)31-26)27(28-32-33-34-36(28)30(3,4)6-2)35(20-24-13-10-16-38-24)19-22-11-8-7-9-12-22/h7-18,27H,5-6,19-20H2,1-4H3,(H,31,37)/t27-/m0/s1. The minimum Gasteiger partial charge on any atom is -0.322 e. The Hall–Kier alpha value is -3.62. The van der Waals surface area contributed by atoms with Crippen molar-refractivity contribution < 1.29 is 0 Å². The number of hydrogen-bond donors (Lipinski definition) is 1. The highest BCUT2D eigenvalue weighted by Gasteiger charge is 2.34. The number of fused-ring (bicyclic) bond motifs is 1. The van der Waals surface area contributed by atoms with Gasteiger partial charge >= 0.3 is 0 Å². The Kier molecular flexibility index (Phi) is 7.53. The van der Waals surface area contributed by atoms with Crippen LogP contribution in [0.2, 0.25) is 0 Å². The molecule has 1 atom stereocenters. The lowest BCUT2D eigenvalue weighted by Crippen LogP contribution is -2.37. The summed E-state index contributed by atoms with van der Waals surface area (Å²) < 4.78 is 1.90. The summed E-state index contributed by atoms with van der Waals surface area (Å²) in [5, 5.41) is 16.2. The van der Waals surface area contributed by atoms with Gasteiger partial charge in [0.2, 0.25) is 0 Å². The van der Waals surface area contributed by atoms with Crippen molar-refractivity contribution in [1.82, 2.24) is 30.1 Å². The molecule has 2 aromatic carbocycles. The number of pyridine rings is 1. The van der Waals surface area contributed by atoms with E-state index in [1.54, 1.807) is 11.3 Å². The number of benzene rings is 2. The van der Waals surface area contributed by atoms with Gasteiger partial charge in [-0.3, -0.25) is 9.69 Å². The zero-order chi connectivity index (χ0) is 26.7. The number of aromatic nitrogens is 5. The van der Waals surface area contributed by atoms with E-state index in [-0.39, 0.29) is 11.1 Å². The summed E-state index contributed by atoms with van der Waals surface area (Å²) in [7, 11) is 0. The quantitative estimate of drug-likeness (QED) is 0.239. The van der Waals surface area contributed by atoms with Gasteiger partial charge in [-0.2, -0.15) is 0 Å². The van der Waals surface area contributed by atoms with Crippen molar-refractivity contribution in [3.63, 3.8) is 0 Å². The van der Waals surface area contributed by atoms with Crippen LogP contribution in [-0.2, 0) is 25.0 Å². The second-order valence-electron chi connectivity index (χ2n) is 10.3. The Bertz CT molecular complexity index is 1550. The third-order valence-corrected chi connectivity index (χ3v) is 8.21. The Labute approximate surface area is 227 Å². The number of rotatable bonds is 10. The number of tetrazole rings is 1. The second kappa shape index (κ2) is 11.0. The van der Waals surface area contributed by atoms with Gasteiger partial charge < -0.3 is 4.98 Å². The first kappa shape index (κ1) is 26.0. The zero-order valence-corrected chi connectivity index (χ0v) is 23.2. The fraction of sp³-hybridized carbons (Fsp3) is 0.333. The molecule has 8 heteroatoms. The minimum atomic E-state index is -0.462. The van der Waals surface area contributed by atoms with E-state index in [1.165, 1.54) is 10.4 Å². The monoisotopic (exact) mass is 526 g/mol. The molecule has 3 aromatic heterocycles. The average Bonchev–Trinajstić information content (AvgIpc) is 3.62. The molecule has 0 saturated carbocycles. The first-order valence-corrected chi connectivity index (χ1v) is 14.0. The molecule has 0 aliphatic rings. The van der Waals surface area contributed by atoms with Crippen molar-refractivity contribution >= 4 is 22.2 Å². The average molecular weight is 527 g/mol. The highest BCUT2D eigenvalue weighted by Crippen LogP contribution is 2.33. The van der Waals surface area contributed by atoms with Crippen LogP contribution >= 0.6 is 11.3 Å². The Morgan fingerprint density at radius 1 is 1.00 bits per heavy atom. The van der Waals surface area contributed by atoms with Crippen LogP contribution in [0.5, 0.6) is 0 Å². The largest absolute Gasteiger partial charge is 0.322 e. The third kappa shape index (κ3) is 5.33. The molecular weight excluding hydrogens is 492 g/mol. The predicted octanol–water partition coefficient (Wildman–Crippen LogP) is 6.08. The van der Waals surface area contributed by atoms with Crippen LogP contribution in [0.25, 0.3) is 10.9 Å². The molecule has 0 unspecified atom stereocenters. The zero-order valence-electron chi connectivity index (χ0n) is 22.4. The number of nitrogens with one attached hydrogen (secondary N) is 1. The molecule has 3 heterocycles. The molecule has 0 aliphatic carbocycles. The maximum Gasteiger partial charge on any atom is 0.253 e. The number of aromatic amines is 1. The molecule has 5 rings (SSSR count). The molecule has 0 fully saturated rings. The van der Waals surface area contributed by atoms with Crippen LogP contribution in [0.1, 0.15) is 67.5 Å². The van der Waals surface area contributed by atoms with E-state index in [9.17, 15) is 4.79 Å². The lowest BCUT2D eigenvalue weighted by atomic mass is 9.98. The van der Waals surface area contributed by atoms with Gasteiger partial charge in [0.25, 0.3) is 5.56 Å². The van der Waals surface area contributed by atoms with Gasteiger partial charge in [0, 0.05) is 29.0 Å². The Balaban J connectivity index is 1.73. The number of nitrogens with zero attached hydrogens (tertiary/aromatic N) is 5. The van der Waals surface area contributed by atoms with Crippen LogP contribution in [0, 0.1) is 0 Å². The van der Waals surface area contributed by atoms with Crippen LogP contribution in [0.3, 0.4) is 0 Å². The SMILES string of the molecule is CCc1ccc2[nH]c(=O)c([C@@H](c3nnnn3C(C)(C)CC)N(Cc3ccccc3)Cc3cccs3)cc2c1. The van der Waals surface area contributed by atoms with Gasteiger partial charge in [-0.1, -0.05) is 56.3 Å². The van der Waals surface area contributed by atoms with Gasteiger partial charge in [0.05, 0.1) is 5.54 Å². The molecule has 0 aliphatic heterocycles. The molecule has 0 bridgehead atoms. The van der Waals surface area contributed by atoms with Crippen LogP contribution in [-0.4, -0.2) is 30.1 Å². The second-order valence-corrected chi connectivity index (χ2v) is 11.3. The van der Waals surface area contributed by atoms with Crippen molar-refractivity contribution in [2.45, 2.75) is 65.2 Å². The highest BCUT2D eigenvalue weighted by atomic mass is 32.1. The summed E-state index contributed by atoms with van der Waals surface area (Å²) >= 11 is 1.71. The first-order chi connectivity index (χ1) is 18.4. The smallest absolute Gasteiger partial charge is 0.253 e. The molecule has 0 spiro atoms. The number of hydrogen-bond acceptors (Lipinski definition) is 6. The summed E-state index contributed by atoms with van der Waals surface area (Å²) in [5.41, 5.74) is 3.41. The van der Waals surface area contributed by atoms with E-state index in [0.717, 1.165) is 29.3 Å². The van der Waals surface area contributed by atoms with Crippen molar-refractivity contribution in [2.75, 3.05) is 0 Å². The lowest BCUT2D eigenvalue weighted by molar-refractivity contribution is 0.182. The predicted molar refractivity (Wildman–Crippen MR) is 153 cm³/mol. The molecular formula is C30H34N6OS. The van der Waals surface area contributed by atoms with E-state index < -0.39 is 6.04 Å². The van der Waals surface area contributed by atoms with Crippen LogP contribution < -0.4 is 5.56 Å². The van der Waals surface area contributed by atoms with Crippen molar-refractivity contribution in [1.29, 1.82) is 0 Å². The van der Waals surface area contributed by atoms with Gasteiger partial charge in [0.15, 0.2) is 5.82 Å². The fourth-order valence-electron chi connectivity index (χ4n) is 4.80. The maximum absolute atomic E-state index is 13.8. The highest BCUT2D eigenvalue weighted by molar-refractivity contribution is 7.09. The van der Waals surface area contributed by atoms with Crippen LogP contribution in [0.15, 0.2) is 76.9 Å². The molecule has 5 aromatic rings. The summed E-state index contributed by atoms with van der Waals surface area (Å²) in [6.07, 6.45) is 1.77. The summed E-state index contributed by atoms with van der Waals surface area (Å²) in [5.74, 6) is 0.667. The van der Waals surface area contributed by atoms with Gasteiger partial charge in [-0.15, -0.1) is 16.4 Å². The molecule has 7 nitrogen and oxygen atoms in total. The minimum absolute atomic E-state index is 0.125. The van der Waals surface area contributed by atoms with Gasteiger partial charge in [-0.05, 0) is 83.3 Å². The summed E-state index contributed by atoms with van der Waals surface area (Å²) in [4.78, 5) is 20.4. The number of H-pyrrole nitrogens is 1. The maximum atomic E-state index is 13.8. The van der Waals surface area contributed by atoms with E-state index in [1.807, 2.05) is 35.0 Å². The fourth-order valence-corrected chi connectivity index (χ4v) is 5.53. The van der Waals surface area contributed by atoms with Gasteiger partial charge in [-0.25, -0.2) is 4.68 Å². The van der Waals surface area contributed by atoms with E-state index in [0.29, 0.717) is 24.5 Å². The molecule has 0 saturated heterocycles. The van der Waals surface area contributed by atoms with Crippen LogP contribution in [0.4, 0.5) is 0 Å². The van der Waals surface area contributed by atoms with E-state index in [4.69, 9.17) is 0 Å². The summed E-state index contributed by atoms with van der Waals surface area (Å²) in [6.45, 7) is 9.81. The van der Waals surface area contributed by atoms with Crippen molar-refractivity contribution in [2.24, 2.45) is 0 Å². The lowest BCUT2D eigenvalue weighted by Gasteiger charge is -2.33. The van der Waals surface area contributed by atoms with E-state index >= 15 is 0 Å². The molecule has 38 heavy (non-hydrogen) atoms. The first-order valence-electron chi connectivity index (χ1n) is 13.1. The normalized spacial score (nSPS) is 12.9. The molecule has 0 radical (unpaired) electrons.